The fourth-order valence-corrected chi connectivity index (χ4v) is 3.36. The number of carbonyl (C=O) groups is 4. The number of pyridine rings is 1. The molecule has 1 heterocycles. The summed E-state index contributed by atoms with van der Waals surface area (Å²) in [5.74, 6) is 0.979. The summed E-state index contributed by atoms with van der Waals surface area (Å²) in [5.41, 5.74) is 2.22. The second-order valence-corrected chi connectivity index (χ2v) is 7.89. The van der Waals surface area contributed by atoms with E-state index in [4.69, 9.17) is 20.4 Å². The van der Waals surface area contributed by atoms with Crippen LogP contribution in [0.25, 0.3) is 0 Å². The molecule has 0 unspecified atom stereocenters. The van der Waals surface area contributed by atoms with E-state index in [1.165, 1.54) is 0 Å². The molecular weight excluding hydrogens is 504 g/mol. The zero-order valence-electron chi connectivity index (χ0n) is 19.3. The minimum atomic E-state index is -1.23. The molecule has 0 fully saturated rings. The van der Waals surface area contributed by atoms with Crippen molar-refractivity contribution in [1.29, 1.82) is 0 Å². The van der Waals surface area contributed by atoms with E-state index in [9.17, 15) is 19.2 Å². The van der Waals surface area contributed by atoms with Crippen LogP contribution in [0.3, 0.4) is 0 Å². The molecule has 1 aromatic carbocycles. The largest absolute Gasteiger partial charge is 0.480 e. The van der Waals surface area contributed by atoms with Crippen LogP contribution in [0.1, 0.15) is 22.5 Å². The smallest absolute Gasteiger partial charge is 0.317 e. The Hall–Kier alpha value is -4.47. The van der Waals surface area contributed by atoms with Crippen LogP contribution in [-0.2, 0) is 32.3 Å². The Morgan fingerprint density at radius 1 is 0.730 bits per heavy atom. The number of carboxylic acids is 4. The maximum Gasteiger partial charge on any atom is 0.317 e. The second-order valence-electron chi connectivity index (χ2n) is 7.70. The first-order valence-electron chi connectivity index (χ1n) is 10.6. The summed E-state index contributed by atoms with van der Waals surface area (Å²) in [5, 5.41) is 38.8. The molecule has 12 nitrogen and oxygen atoms in total. The molecule has 0 aliphatic rings. The fraction of sp³-hybridized carbons (Fsp3) is 0.250. The van der Waals surface area contributed by atoms with Crippen LogP contribution in [0, 0.1) is 11.8 Å². The van der Waals surface area contributed by atoms with Gasteiger partial charge in [0, 0.05) is 24.2 Å². The average Bonchev–Trinajstić information content (AvgIpc) is 2.77. The van der Waals surface area contributed by atoms with E-state index in [1.807, 2.05) is 0 Å². The van der Waals surface area contributed by atoms with Gasteiger partial charge in [-0.1, -0.05) is 11.8 Å². The first kappa shape index (κ1) is 28.8. The molecule has 0 atom stereocenters. The van der Waals surface area contributed by atoms with Crippen LogP contribution in [-0.4, -0.2) is 90.4 Å². The molecule has 2 aromatic rings. The Morgan fingerprint density at radius 3 is 1.51 bits per heavy atom. The lowest BCUT2D eigenvalue weighted by atomic mass is 10.1. The Balaban J connectivity index is 2.44. The Labute approximate surface area is 216 Å². The number of hydrogen-bond donors (Lipinski definition) is 4. The third kappa shape index (κ3) is 11.2. The van der Waals surface area contributed by atoms with E-state index in [1.54, 1.807) is 36.4 Å². The Morgan fingerprint density at radius 2 is 1.14 bits per heavy atom. The number of benzene rings is 1. The molecule has 0 radical (unpaired) electrons. The van der Waals surface area contributed by atoms with Gasteiger partial charge in [-0.05, 0) is 48.6 Å². The van der Waals surface area contributed by atoms with Gasteiger partial charge in [0.2, 0.25) is 0 Å². The third-order valence-electron chi connectivity index (χ3n) is 4.53. The molecule has 192 valence electrons. The number of thiocarbonyl (C=S) groups is 1. The molecule has 0 aliphatic carbocycles. The van der Waals surface area contributed by atoms with Crippen LogP contribution in [0.5, 0.6) is 0 Å². The van der Waals surface area contributed by atoms with Gasteiger partial charge < -0.3 is 20.4 Å². The van der Waals surface area contributed by atoms with E-state index in [-0.39, 0.29) is 24.5 Å². The van der Waals surface area contributed by atoms with Crippen LogP contribution in [0.2, 0.25) is 0 Å². The van der Waals surface area contributed by atoms with E-state index in [2.05, 4.69) is 39.2 Å². The van der Waals surface area contributed by atoms with Crippen molar-refractivity contribution in [3.05, 3.63) is 58.9 Å². The van der Waals surface area contributed by atoms with Gasteiger partial charge in [0.1, 0.15) is 0 Å². The molecule has 0 saturated heterocycles. The van der Waals surface area contributed by atoms with Gasteiger partial charge in [0.15, 0.2) is 0 Å². The van der Waals surface area contributed by atoms with Gasteiger partial charge in [-0.2, -0.15) is 4.99 Å². The predicted molar refractivity (Wildman–Crippen MR) is 132 cm³/mol. The van der Waals surface area contributed by atoms with Crippen molar-refractivity contribution in [2.24, 2.45) is 4.99 Å². The van der Waals surface area contributed by atoms with Gasteiger partial charge in [-0.15, -0.1) is 0 Å². The maximum absolute atomic E-state index is 11.2. The number of aromatic nitrogens is 1. The van der Waals surface area contributed by atoms with E-state index < -0.39 is 50.1 Å². The van der Waals surface area contributed by atoms with Crippen molar-refractivity contribution in [2.75, 3.05) is 26.2 Å². The number of isothiocyanates is 1. The summed E-state index contributed by atoms with van der Waals surface area (Å²) in [6, 6.07) is 9.92. The third-order valence-corrected chi connectivity index (χ3v) is 4.62. The number of carboxylic acid groups (broad SMARTS) is 4. The zero-order valence-corrected chi connectivity index (χ0v) is 20.1. The van der Waals surface area contributed by atoms with Crippen LogP contribution in [0.4, 0.5) is 5.69 Å². The normalized spacial score (nSPS) is 10.3. The molecule has 0 spiro atoms. The van der Waals surface area contributed by atoms with Gasteiger partial charge in [0.25, 0.3) is 0 Å². The van der Waals surface area contributed by atoms with Crippen LogP contribution >= 0.6 is 12.2 Å². The highest BCUT2D eigenvalue weighted by atomic mass is 32.1. The Bertz CT molecular complexity index is 1190. The van der Waals surface area contributed by atoms with Gasteiger partial charge in [-0.25, -0.2) is 0 Å². The molecule has 37 heavy (non-hydrogen) atoms. The van der Waals surface area contributed by atoms with Gasteiger partial charge in [-0.3, -0.25) is 34.0 Å². The minimum absolute atomic E-state index is 0.150. The zero-order chi connectivity index (χ0) is 27.4. The van der Waals surface area contributed by atoms with Gasteiger partial charge >= 0.3 is 23.9 Å². The molecule has 0 saturated carbocycles. The number of aliphatic imine (C=N–C) groups is 1. The van der Waals surface area contributed by atoms with Crippen molar-refractivity contribution in [3.63, 3.8) is 0 Å². The standard InChI is InChI=1S/C24H22N4O8S/c29-21(30)11-27(12-22(31)32)9-19-7-17(2-1-16-3-5-18(6-4-16)25-15-37)8-20(26-19)10-28(13-23(33)34)14-24(35)36/h3-8H,9-14H2,(H,29,30)(H,31,32)(H,33,34)(H,35,36). The molecule has 0 aliphatic heterocycles. The fourth-order valence-electron chi connectivity index (χ4n) is 3.26. The molecule has 0 bridgehead atoms. The van der Waals surface area contributed by atoms with Crippen molar-refractivity contribution in [2.45, 2.75) is 13.1 Å². The predicted octanol–water partition coefficient (Wildman–Crippen LogP) is 1.16. The summed E-state index contributed by atoms with van der Waals surface area (Å²) in [4.78, 5) is 55.2. The monoisotopic (exact) mass is 526 g/mol. The molecule has 13 heteroatoms. The summed E-state index contributed by atoms with van der Waals surface area (Å²) in [6.45, 7) is -2.52. The highest BCUT2D eigenvalue weighted by Crippen LogP contribution is 2.13. The number of rotatable bonds is 13. The molecule has 0 amide bonds. The highest BCUT2D eigenvalue weighted by molar-refractivity contribution is 7.78. The maximum atomic E-state index is 11.2. The first-order chi connectivity index (χ1) is 17.5. The van der Waals surface area contributed by atoms with E-state index in [0.717, 1.165) is 9.80 Å². The topological polar surface area (TPSA) is 181 Å². The Kier molecular flexibility index (Phi) is 11.0. The summed E-state index contributed by atoms with van der Waals surface area (Å²) in [6.07, 6.45) is 0. The molecule has 2 rings (SSSR count). The summed E-state index contributed by atoms with van der Waals surface area (Å²) in [7, 11) is 0. The SMILES string of the molecule is O=C(O)CN(CC(=O)O)Cc1cc(C#Cc2ccc(N=C=S)cc2)cc(CN(CC(=O)O)CC(=O)O)n1. The molecule has 1 aromatic heterocycles. The van der Waals surface area contributed by atoms with Gasteiger partial charge in [0.05, 0.1) is 48.4 Å². The average molecular weight is 527 g/mol. The van der Waals surface area contributed by atoms with Crippen molar-refractivity contribution < 1.29 is 39.6 Å². The number of nitrogens with zero attached hydrogens (tertiary/aromatic N) is 4. The highest BCUT2D eigenvalue weighted by Gasteiger charge is 2.18. The number of hydrogen-bond acceptors (Lipinski definition) is 9. The van der Waals surface area contributed by atoms with Crippen molar-refractivity contribution >= 4 is 46.9 Å². The second kappa shape index (κ2) is 14.2. The molecular formula is C24H22N4O8S. The lowest BCUT2D eigenvalue weighted by Crippen LogP contribution is -2.35. The van der Waals surface area contributed by atoms with Crippen LogP contribution in [0.15, 0.2) is 41.4 Å². The minimum Gasteiger partial charge on any atom is -0.480 e. The number of aliphatic carboxylic acids is 4. The summed E-state index contributed by atoms with van der Waals surface area (Å²) < 4.78 is 0. The van der Waals surface area contributed by atoms with E-state index in [0.29, 0.717) is 16.8 Å². The lowest BCUT2D eigenvalue weighted by molar-refractivity contribution is -0.144. The van der Waals surface area contributed by atoms with Crippen molar-refractivity contribution in [3.8, 4) is 11.8 Å². The molecule has 4 N–H and O–H groups in total. The summed E-state index contributed by atoms with van der Waals surface area (Å²) >= 11 is 4.57. The lowest BCUT2D eigenvalue weighted by Gasteiger charge is -2.20. The van der Waals surface area contributed by atoms with Crippen molar-refractivity contribution in [1.82, 2.24) is 14.8 Å². The quantitative estimate of drug-likeness (QED) is 0.166. The van der Waals surface area contributed by atoms with Crippen LogP contribution < -0.4 is 0 Å². The van der Waals surface area contributed by atoms with E-state index >= 15 is 0 Å². The first-order valence-corrected chi connectivity index (χ1v) is 11.0.